The van der Waals surface area contributed by atoms with E-state index in [0.29, 0.717) is 0 Å². The minimum absolute atomic E-state index is 0.513. The van der Waals surface area contributed by atoms with Gasteiger partial charge in [0.15, 0.2) is 0 Å². The smallest absolute Gasteiger partial charge is 0.132 e. The Kier molecular flexibility index (Phi) is 10.4. The van der Waals surface area contributed by atoms with Crippen LogP contribution in [-0.2, 0) is 10.8 Å². The summed E-state index contributed by atoms with van der Waals surface area (Å²) in [6, 6.07) is 113. The van der Waals surface area contributed by atoms with E-state index < -0.39 is 10.8 Å². The first kappa shape index (κ1) is 47.1. The molecule has 13 aromatic rings. The summed E-state index contributed by atoms with van der Waals surface area (Å²) < 4.78 is 13.3. The van der Waals surface area contributed by atoms with Crippen molar-refractivity contribution in [2.75, 3.05) is 4.90 Å². The zero-order chi connectivity index (χ0) is 54.6. The second kappa shape index (κ2) is 18.4. The Labute approximate surface area is 483 Å². The third-order valence-corrected chi connectivity index (χ3v) is 18.0. The molecule has 2 spiro atoms. The average Bonchev–Trinajstić information content (AvgIpc) is 1.73. The highest BCUT2D eigenvalue weighted by atomic mass is 16.5. The number of rotatable bonds is 7. The van der Waals surface area contributed by atoms with E-state index >= 15 is 0 Å². The number of benzene rings is 13. The van der Waals surface area contributed by atoms with Gasteiger partial charge in [0.2, 0.25) is 0 Å². The van der Waals surface area contributed by atoms with E-state index in [1.54, 1.807) is 0 Å². The highest BCUT2D eigenvalue weighted by Crippen LogP contribution is 2.65. The van der Waals surface area contributed by atoms with Crippen LogP contribution in [0.4, 0.5) is 17.1 Å². The molecule has 4 aliphatic rings. The largest absolute Gasteiger partial charge is 0.457 e. The zero-order valence-electron chi connectivity index (χ0n) is 45.2. The Morgan fingerprint density at radius 2 is 0.578 bits per heavy atom. The van der Waals surface area contributed by atoms with Gasteiger partial charge in [-0.15, -0.1) is 0 Å². The summed E-state index contributed by atoms with van der Waals surface area (Å²) in [7, 11) is 0. The van der Waals surface area contributed by atoms with Gasteiger partial charge in [0.25, 0.3) is 0 Å². The summed E-state index contributed by atoms with van der Waals surface area (Å²) in [6.07, 6.45) is 0. The first-order valence-electron chi connectivity index (χ1n) is 28.6. The molecule has 2 heterocycles. The molecule has 0 saturated heterocycles. The second-order valence-electron chi connectivity index (χ2n) is 22.2. The lowest BCUT2D eigenvalue weighted by molar-refractivity contribution is 0.436. The normalized spacial score (nSPS) is 13.7. The lowest BCUT2D eigenvalue weighted by Gasteiger charge is -2.39. The first-order valence-corrected chi connectivity index (χ1v) is 28.6. The predicted molar refractivity (Wildman–Crippen MR) is 338 cm³/mol. The Morgan fingerprint density at radius 1 is 0.205 bits per heavy atom. The van der Waals surface area contributed by atoms with Crippen LogP contribution in [0.25, 0.3) is 66.8 Å². The maximum absolute atomic E-state index is 6.69. The minimum Gasteiger partial charge on any atom is -0.457 e. The van der Waals surface area contributed by atoms with Crippen LogP contribution in [0.1, 0.15) is 44.5 Å². The highest BCUT2D eigenvalue weighted by Gasteiger charge is 2.53. The van der Waals surface area contributed by atoms with Gasteiger partial charge in [-0.2, -0.15) is 0 Å². The van der Waals surface area contributed by atoms with Gasteiger partial charge >= 0.3 is 0 Å². The SMILES string of the molecule is c1ccc(-c2cccc(-c3ccc(N(c4ccc(-c5ccc6c(c5)-c5ccccc5C65c6ccccc6Oc6ccccc65)cc4)c4cccc(-c5cccc6c5-c5ccccc5C65c6ccccc6Oc6ccccc65)c4)cc3)c2)cc1. The van der Waals surface area contributed by atoms with E-state index in [1.807, 2.05) is 0 Å². The lowest BCUT2D eigenvalue weighted by atomic mass is 9.66. The van der Waals surface area contributed by atoms with E-state index in [2.05, 4.69) is 314 Å². The Balaban J connectivity index is 0.796. The average molecular weight is 1060 g/mol. The molecule has 0 radical (unpaired) electrons. The van der Waals surface area contributed by atoms with Gasteiger partial charge in [-0.3, -0.25) is 0 Å². The van der Waals surface area contributed by atoms with Crippen LogP contribution < -0.4 is 14.4 Å². The van der Waals surface area contributed by atoms with E-state index in [1.165, 1.54) is 77.9 Å². The summed E-state index contributed by atoms with van der Waals surface area (Å²) in [5.41, 5.74) is 26.2. The zero-order valence-corrected chi connectivity index (χ0v) is 45.2. The Morgan fingerprint density at radius 3 is 1.16 bits per heavy atom. The maximum Gasteiger partial charge on any atom is 0.132 e. The molecule has 2 aliphatic carbocycles. The number of ether oxygens (including phenoxy) is 2. The molecule has 0 bridgehead atoms. The quantitative estimate of drug-likeness (QED) is 0.159. The molecule has 0 atom stereocenters. The van der Waals surface area contributed by atoms with Gasteiger partial charge in [0, 0.05) is 39.3 Å². The fourth-order valence-corrected chi connectivity index (χ4v) is 14.6. The summed E-state index contributed by atoms with van der Waals surface area (Å²) in [5.74, 6) is 3.57. The van der Waals surface area contributed by atoms with Gasteiger partial charge in [0.05, 0.1) is 10.8 Å². The molecule has 3 nitrogen and oxygen atoms in total. The summed E-state index contributed by atoms with van der Waals surface area (Å²) in [6.45, 7) is 0. The number of fused-ring (bicyclic) bond motifs is 18. The molecule has 0 saturated carbocycles. The van der Waals surface area contributed by atoms with Crippen molar-refractivity contribution in [2.24, 2.45) is 0 Å². The fraction of sp³-hybridized carbons (Fsp3) is 0.0250. The third kappa shape index (κ3) is 6.92. The van der Waals surface area contributed by atoms with E-state index in [4.69, 9.17) is 9.47 Å². The third-order valence-electron chi connectivity index (χ3n) is 18.0. The number of para-hydroxylation sites is 4. The van der Waals surface area contributed by atoms with Crippen LogP contribution in [0.2, 0.25) is 0 Å². The summed E-state index contributed by atoms with van der Waals surface area (Å²) in [5, 5.41) is 0. The van der Waals surface area contributed by atoms with Crippen molar-refractivity contribution in [3.8, 4) is 89.8 Å². The molecular formula is C80H51NO2. The van der Waals surface area contributed by atoms with Crippen LogP contribution >= 0.6 is 0 Å². The molecule has 388 valence electrons. The number of hydrogen-bond donors (Lipinski definition) is 0. The second-order valence-corrected chi connectivity index (χ2v) is 22.2. The van der Waals surface area contributed by atoms with Crippen LogP contribution in [0.5, 0.6) is 23.0 Å². The molecule has 0 fully saturated rings. The van der Waals surface area contributed by atoms with E-state index in [-0.39, 0.29) is 0 Å². The Hall–Kier alpha value is -10.7. The van der Waals surface area contributed by atoms with Crippen LogP contribution in [0.15, 0.2) is 309 Å². The molecule has 83 heavy (non-hydrogen) atoms. The number of hydrogen-bond acceptors (Lipinski definition) is 3. The standard InChI is InChI=1S/C80H51NO2/c1-2-19-52(20-3-1)55-21-16-22-56(49-55)53-39-44-59(45-40-53)81(60-46-41-54(42-47-60)57-43-48-68-65(51-57)63-25-4-6-28-66(63)79(68)69-30-8-12-35-74(69)82-75-36-13-9-31-70(75)79)61-24-17-23-58(50-61)62-27-18-34-73-78(62)64-26-5-7-29-67(64)80(73)71-32-10-14-37-76(71)83-77-38-15-11-33-72(77)80/h1-51H. The van der Waals surface area contributed by atoms with E-state index in [0.717, 1.165) is 73.4 Å². The van der Waals surface area contributed by atoms with Gasteiger partial charge in [-0.25, -0.2) is 0 Å². The van der Waals surface area contributed by atoms with Crippen molar-refractivity contribution in [3.63, 3.8) is 0 Å². The minimum atomic E-state index is -0.563. The molecule has 3 heteroatoms. The molecule has 2 aliphatic heterocycles. The van der Waals surface area contributed by atoms with Crippen LogP contribution in [-0.4, -0.2) is 0 Å². The van der Waals surface area contributed by atoms with Crippen molar-refractivity contribution in [1.82, 2.24) is 0 Å². The molecule has 0 N–H and O–H groups in total. The summed E-state index contributed by atoms with van der Waals surface area (Å²) >= 11 is 0. The maximum atomic E-state index is 6.69. The molecule has 17 rings (SSSR count). The number of nitrogens with zero attached hydrogens (tertiary/aromatic N) is 1. The molecule has 0 amide bonds. The van der Waals surface area contributed by atoms with Crippen molar-refractivity contribution in [1.29, 1.82) is 0 Å². The van der Waals surface area contributed by atoms with E-state index in [9.17, 15) is 0 Å². The van der Waals surface area contributed by atoms with Gasteiger partial charge in [0.1, 0.15) is 23.0 Å². The first-order chi connectivity index (χ1) is 41.1. The molecule has 0 aromatic heterocycles. The molecular weight excluding hydrogens is 1010 g/mol. The van der Waals surface area contributed by atoms with Crippen molar-refractivity contribution >= 4 is 17.1 Å². The van der Waals surface area contributed by atoms with Gasteiger partial charge < -0.3 is 14.4 Å². The lowest BCUT2D eigenvalue weighted by Crippen LogP contribution is -2.32. The van der Waals surface area contributed by atoms with Gasteiger partial charge in [-0.05, 0) is 162 Å². The monoisotopic (exact) mass is 1060 g/mol. The predicted octanol–water partition coefficient (Wildman–Crippen LogP) is 20.8. The Bertz CT molecular complexity index is 4660. The number of anilines is 3. The van der Waals surface area contributed by atoms with Crippen LogP contribution in [0.3, 0.4) is 0 Å². The molecule has 0 unspecified atom stereocenters. The highest BCUT2D eigenvalue weighted by molar-refractivity contribution is 5.98. The van der Waals surface area contributed by atoms with Gasteiger partial charge in [-0.1, -0.05) is 237 Å². The molecule has 13 aromatic carbocycles. The van der Waals surface area contributed by atoms with Crippen molar-refractivity contribution in [3.05, 3.63) is 354 Å². The fourth-order valence-electron chi connectivity index (χ4n) is 14.6. The van der Waals surface area contributed by atoms with Crippen molar-refractivity contribution in [2.45, 2.75) is 10.8 Å². The van der Waals surface area contributed by atoms with Crippen molar-refractivity contribution < 1.29 is 9.47 Å². The summed E-state index contributed by atoms with van der Waals surface area (Å²) in [4.78, 5) is 2.41. The topological polar surface area (TPSA) is 21.7 Å². The van der Waals surface area contributed by atoms with Crippen LogP contribution in [0, 0.1) is 0 Å².